The number of nitrogens with zero attached hydrogens (tertiary/aromatic N) is 2. The molecule has 2 aromatic heterocycles. The maximum absolute atomic E-state index is 12.3. The van der Waals surface area contributed by atoms with Crippen LogP contribution in [0.5, 0.6) is 17.4 Å². The molecule has 1 aromatic carbocycles. The third-order valence-electron chi connectivity index (χ3n) is 3.55. The third kappa shape index (κ3) is 8.13. The number of nitrogens with one attached hydrogen (secondary N) is 1. The van der Waals surface area contributed by atoms with Gasteiger partial charge in [0, 0.05) is 30.2 Å². The van der Waals surface area contributed by atoms with E-state index in [9.17, 15) is 18.0 Å². The first-order valence-electron chi connectivity index (χ1n) is 8.70. The molecule has 0 saturated carbocycles. The molecule has 174 valence electrons. The summed E-state index contributed by atoms with van der Waals surface area (Å²) < 4.78 is 42.4. The zero-order valence-electron chi connectivity index (χ0n) is 16.6. The molecule has 3 aromatic rings. The van der Waals surface area contributed by atoms with Crippen LogP contribution in [-0.4, -0.2) is 40.2 Å². The number of aliphatic carboxylic acids is 1. The minimum atomic E-state index is -5.08. The van der Waals surface area contributed by atoms with E-state index >= 15 is 0 Å². The number of carbonyl (C=O) groups is 2. The summed E-state index contributed by atoms with van der Waals surface area (Å²) in [5.41, 5.74) is 0.729. The zero-order valence-corrected chi connectivity index (χ0v) is 18.1. The van der Waals surface area contributed by atoms with Crippen LogP contribution in [0.15, 0.2) is 54.9 Å². The Kier molecular flexibility index (Phi) is 8.83. The molecule has 0 spiro atoms. The number of hydrogen-bond donors (Lipinski definition) is 2. The predicted octanol–water partition coefficient (Wildman–Crippen LogP) is 5.47. The van der Waals surface area contributed by atoms with Crippen molar-refractivity contribution < 1.29 is 37.3 Å². The van der Waals surface area contributed by atoms with Gasteiger partial charge in [0.15, 0.2) is 0 Å². The number of amides is 1. The highest BCUT2D eigenvalue weighted by atomic mass is 35.5. The number of methoxy groups -OCH3 is 1. The molecule has 1 amide bonds. The summed E-state index contributed by atoms with van der Waals surface area (Å²) in [5, 5.41) is 10.7. The molecule has 33 heavy (non-hydrogen) atoms. The zero-order chi connectivity index (χ0) is 24.6. The fraction of sp³-hybridized carbons (Fsp3) is 0.100. The molecule has 0 saturated heterocycles. The van der Waals surface area contributed by atoms with Crippen LogP contribution < -0.4 is 14.8 Å². The van der Waals surface area contributed by atoms with Crippen LogP contribution in [0, 0.1) is 0 Å². The van der Waals surface area contributed by atoms with Crippen molar-refractivity contribution in [3.8, 4) is 17.4 Å². The Morgan fingerprint density at radius 3 is 2.30 bits per heavy atom. The lowest BCUT2D eigenvalue weighted by molar-refractivity contribution is -0.192. The minimum absolute atomic E-state index is 0.228. The Labute approximate surface area is 194 Å². The van der Waals surface area contributed by atoms with Crippen molar-refractivity contribution in [1.82, 2.24) is 9.97 Å². The van der Waals surface area contributed by atoms with Gasteiger partial charge < -0.3 is 19.9 Å². The summed E-state index contributed by atoms with van der Waals surface area (Å²) in [5.74, 6) is -1.84. The SMILES string of the molecule is COc1ccnc(C(=O)Nc2ccc(Oc3ccc(Cl)cn3)c(Cl)c2)c1.O=C(O)C(F)(F)F. The fourth-order valence-corrected chi connectivity index (χ4v) is 2.38. The van der Waals surface area contributed by atoms with E-state index in [0.29, 0.717) is 33.1 Å². The van der Waals surface area contributed by atoms with Crippen LogP contribution in [0.3, 0.4) is 0 Å². The molecule has 0 atom stereocenters. The molecule has 0 aliphatic heterocycles. The number of anilines is 1. The molecule has 0 unspecified atom stereocenters. The number of carbonyl (C=O) groups excluding carboxylic acids is 1. The first-order valence-corrected chi connectivity index (χ1v) is 9.45. The molecule has 2 heterocycles. The monoisotopic (exact) mass is 503 g/mol. The average molecular weight is 504 g/mol. The summed E-state index contributed by atoms with van der Waals surface area (Å²) in [6.07, 6.45) is -2.11. The summed E-state index contributed by atoms with van der Waals surface area (Å²) in [4.78, 5) is 29.2. The highest BCUT2D eigenvalue weighted by Gasteiger charge is 2.38. The van der Waals surface area contributed by atoms with Gasteiger partial charge >= 0.3 is 12.1 Å². The molecule has 0 fully saturated rings. The van der Waals surface area contributed by atoms with Gasteiger partial charge in [0.05, 0.1) is 17.2 Å². The number of benzene rings is 1. The molecule has 0 aliphatic rings. The molecule has 8 nitrogen and oxygen atoms in total. The number of carboxylic acids is 1. The van der Waals surface area contributed by atoms with E-state index in [1.54, 1.807) is 42.5 Å². The largest absolute Gasteiger partial charge is 0.497 e. The average Bonchev–Trinajstić information content (AvgIpc) is 2.77. The number of hydrogen-bond acceptors (Lipinski definition) is 6. The topological polar surface area (TPSA) is 111 Å². The Bertz CT molecular complexity index is 1130. The van der Waals surface area contributed by atoms with E-state index in [2.05, 4.69) is 15.3 Å². The maximum Gasteiger partial charge on any atom is 0.490 e. The molecular weight excluding hydrogens is 490 g/mol. The molecule has 2 N–H and O–H groups in total. The van der Waals surface area contributed by atoms with Crippen molar-refractivity contribution >= 4 is 40.8 Å². The third-order valence-corrected chi connectivity index (χ3v) is 4.07. The lowest BCUT2D eigenvalue weighted by Gasteiger charge is -2.10. The predicted molar refractivity (Wildman–Crippen MR) is 113 cm³/mol. The highest BCUT2D eigenvalue weighted by molar-refractivity contribution is 6.32. The number of halogens is 5. The first-order chi connectivity index (χ1) is 15.5. The highest BCUT2D eigenvalue weighted by Crippen LogP contribution is 2.31. The van der Waals surface area contributed by atoms with Crippen molar-refractivity contribution in [2.45, 2.75) is 6.18 Å². The van der Waals surface area contributed by atoms with Crippen LogP contribution in [0.1, 0.15) is 10.5 Å². The van der Waals surface area contributed by atoms with Gasteiger partial charge in [-0.15, -0.1) is 0 Å². The van der Waals surface area contributed by atoms with E-state index in [4.69, 9.17) is 42.6 Å². The van der Waals surface area contributed by atoms with Crippen molar-refractivity contribution in [2.24, 2.45) is 0 Å². The van der Waals surface area contributed by atoms with Crippen molar-refractivity contribution in [2.75, 3.05) is 12.4 Å². The van der Waals surface area contributed by atoms with Crippen LogP contribution in [0.2, 0.25) is 10.0 Å². The van der Waals surface area contributed by atoms with Gasteiger partial charge in [-0.1, -0.05) is 23.2 Å². The van der Waals surface area contributed by atoms with E-state index < -0.39 is 12.1 Å². The van der Waals surface area contributed by atoms with Crippen LogP contribution in [0.25, 0.3) is 0 Å². The Morgan fingerprint density at radius 1 is 1.06 bits per heavy atom. The van der Waals surface area contributed by atoms with Gasteiger partial charge in [-0.2, -0.15) is 13.2 Å². The summed E-state index contributed by atoms with van der Waals surface area (Å²) in [6, 6.07) is 11.4. The molecule has 0 radical (unpaired) electrons. The normalized spacial score (nSPS) is 10.5. The van der Waals surface area contributed by atoms with E-state index in [0.717, 1.165) is 0 Å². The minimum Gasteiger partial charge on any atom is -0.497 e. The molecule has 0 bridgehead atoms. The van der Waals surface area contributed by atoms with Gasteiger partial charge in [0.2, 0.25) is 5.88 Å². The van der Waals surface area contributed by atoms with E-state index in [-0.39, 0.29) is 11.6 Å². The number of pyridine rings is 2. The van der Waals surface area contributed by atoms with Gasteiger partial charge in [0.1, 0.15) is 17.2 Å². The number of rotatable bonds is 5. The van der Waals surface area contributed by atoms with Crippen LogP contribution in [-0.2, 0) is 4.79 Å². The molecular formula is C20H14Cl2F3N3O5. The Hall–Kier alpha value is -3.57. The van der Waals surface area contributed by atoms with Crippen molar-refractivity contribution in [1.29, 1.82) is 0 Å². The van der Waals surface area contributed by atoms with Gasteiger partial charge in [0.25, 0.3) is 5.91 Å². The van der Waals surface area contributed by atoms with E-state index in [1.807, 2.05) is 0 Å². The molecule has 13 heteroatoms. The fourth-order valence-electron chi connectivity index (χ4n) is 2.05. The second-order valence-electron chi connectivity index (χ2n) is 5.90. The summed E-state index contributed by atoms with van der Waals surface area (Å²) in [6.45, 7) is 0. The van der Waals surface area contributed by atoms with Gasteiger partial charge in [-0.05, 0) is 30.3 Å². The van der Waals surface area contributed by atoms with Crippen molar-refractivity contribution in [3.63, 3.8) is 0 Å². The Balaban J connectivity index is 0.000000479. The number of ether oxygens (including phenoxy) is 2. The lowest BCUT2D eigenvalue weighted by atomic mass is 10.2. The number of carboxylic acid groups (broad SMARTS) is 1. The first kappa shape index (κ1) is 25.7. The van der Waals surface area contributed by atoms with E-state index in [1.165, 1.54) is 19.5 Å². The second kappa shape index (κ2) is 11.3. The standard InChI is InChI=1S/C18H13Cl2N3O3.C2HF3O2/c1-25-13-6-7-21-15(9-13)18(24)23-12-3-4-16(14(20)8-12)26-17-5-2-11(19)10-22-17;3-2(4,5)1(6)7/h2-10H,1H3,(H,23,24);(H,6,7). The van der Waals surface area contributed by atoms with Crippen LogP contribution in [0.4, 0.5) is 18.9 Å². The summed E-state index contributed by atoms with van der Waals surface area (Å²) >= 11 is 12.0. The lowest BCUT2D eigenvalue weighted by Crippen LogP contribution is -2.21. The Morgan fingerprint density at radius 2 is 1.76 bits per heavy atom. The molecule has 3 rings (SSSR count). The van der Waals surface area contributed by atoms with Crippen LogP contribution >= 0.6 is 23.2 Å². The van der Waals surface area contributed by atoms with Crippen molar-refractivity contribution in [3.05, 3.63) is 70.6 Å². The number of alkyl halides is 3. The van der Waals surface area contributed by atoms with Gasteiger partial charge in [-0.25, -0.2) is 9.78 Å². The smallest absolute Gasteiger partial charge is 0.490 e. The van der Waals surface area contributed by atoms with Gasteiger partial charge in [-0.3, -0.25) is 9.78 Å². The number of aromatic nitrogens is 2. The summed E-state index contributed by atoms with van der Waals surface area (Å²) in [7, 11) is 1.52. The maximum atomic E-state index is 12.3. The molecule has 0 aliphatic carbocycles. The second-order valence-corrected chi connectivity index (χ2v) is 6.74. The quantitative estimate of drug-likeness (QED) is 0.474.